The number of carbonyl (C=O) groups is 2. The Labute approximate surface area is 246 Å². The van der Waals surface area contributed by atoms with Crippen LogP contribution in [0.2, 0.25) is 0 Å². The largest absolute Gasteiger partial charge is 0.493 e. The summed E-state index contributed by atoms with van der Waals surface area (Å²) >= 11 is 0. The fourth-order valence-electron chi connectivity index (χ4n) is 5.89. The van der Waals surface area contributed by atoms with Crippen LogP contribution in [0.15, 0.2) is 18.2 Å². The zero-order valence-electron chi connectivity index (χ0n) is 25.6. The number of aryl methyl sites for hydroxylation is 1. The molecule has 41 heavy (non-hydrogen) atoms. The van der Waals surface area contributed by atoms with Crippen LogP contribution in [0.25, 0.3) is 0 Å². The van der Waals surface area contributed by atoms with E-state index in [2.05, 4.69) is 26.1 Å². The van der Waals surface area contributed by atoms with Crippen LogP contribution in [0.1, 0.15) is 68.8 Å². The van der Waals surface area contributed by atoms with E-state index in [1.54, 1.807) is 7.11 Å². The van der Waals surface area contributed by atoms with Crippen molar-refractivity contribution in [2.45, 2.75) is 71.4 Å². The minimum Gasteiger partial charge on any atom is -0.493 e. The predicted octanol–water partition coefficient (Wildman–Crippen LogP) is 4.38. The average molecular weight is 574 g/mol. The highest BCUT2D eigenvalue weighted by Crippen LogP contribution is 2.30. The number of carbonyl (C=O) groups excluding carboxylic acids is 2. The second-order valence-electron chi connectivity index (χ2n) is 12.1. The lowest BCUT2D eigenvalue weighted by Gasteiger charge is -2.32. The van der Waals surface area contributed by atoms with E-state index < -0.39 is 0 Å². The Morgan fingerprint density at radius 2 is 1.90 bits per heavy atom. The highest BCUT2D eigenvalue weighted by Gasteiger charge is 2.37. The molecule has 1 aromatic rings. The Hall–Kier alpha value is -2.36. The number of methoxy groups -OCH3 is 1. The first-order chi connectivity index (χ1) is 19.9. The first-order valence-electron chi connectivity index (χ1n) is 15.7. The minimum absolute atomic E-state index is 0.00153. The summed E-state index contributed by atoms with van der Waals surface area (Å²) in [4.78, 5) is 30.8. The first-order valence-corrected chi connectivity index (χ1v) is 15.7. The molecule has 0 radical (unpaired) electrons. The zero-order chi connectivity index (χ0) is 29.2. The molecule has 0 bridgehead atoms. The van der Waals surface area contributed by atoms with Gasteiger partial charge in [-0.3, -0.25) is 4.79 Å². The minimum atomic E-state index is -0.199. The molecule has 2 heterocycles. The van der Waals surface area contributed by atoms with Crippen LogP contribution in [-0.4, -0.2) is 100 Å². The molecule has 3 atom stereocenters. The molecule has 2 saturated heterocycles. The molecule has 1 N–H and O–H groups in total. The maximum absolute atomic E-state index is 13.8. The summed E-state index contributed by atoms with van der Waals surface area (Å²) in [5.74, 6) is 1.53. The van der Waals surface area contributed by atoms with Crippen molar-refractivity contribution in [3.8, 4) is 5.75 Å². The predicted molar refractivity (Wildman–Crippen MR) is 158 cm³/mol. The summed E-state index contributed by atoms with van der Waals surface area (Å²) in [6.07, 6.45) is 5.71. The summed E-state index contributed by atoms with van der Waals surface area (Å²) in [5, 5.41) is 3.47. The summed E-state index contributed by atoms with van der Waals surface area (Å²) in [6, 6.07) is 6.14. The third-order valence-electron chi connectivity index (χ3n) is 8.59. The molecule has 2 aliphatic heterocycles. The SMILES string of the molecule is CCc1ccc(C(=O)N(C[C@@H]2CNC[C@H]2COC(=O)N(CC2CCCOC2)C2CC2)C(C)C)cc1OCCCOC. The second kappa shape index (κ2) is 15.8. The van der Waals surface area contributed by atoms with Gasteiger partial charge in [0, 0.05) is 82.4 Å². The average Bonchev–Trinajstić information content (AvgIpc) is 3.73. The molecular weight excluding hydrogens is 522 g/mol. The number of rotatable bonds is 15. The Kier molecular flexibility index (Phi) is 12.1. The topological polar surface area (TPSA) is 89.6 Å². The molecule has 230 valence electrons. The Morgan fingerprint density at radius 3 is 2.59 bits per heavy atom. The monoisotopic (exact) mass is 573 g/mol. The smallest absolute Gasteiger partial charge is 0.410 e. The number of ether oxygens (including phenoxy) is 4. The van der Waals surface area contributed by atoms with E-state index in [1.165, 1.54) is 0 Å². The molecule has 9 nitrogen and oxygen atoms in total. The molecule has 3 fully saturated rings. The highest BCUT2D eigenvalue weighted by atomic mass is 16.6. The van der Waals surface area contributed by atoms with Crippen LogP contribution in [0.5, 0.6) is 5.75 Å². The zero-order valence-corrected chi connectivity index (χ0v) is 25.6. The maximum Gasteiger partial charge on any atom is 0.410 e. The number of benzene rings is 1. The molecule has 2 amide bonds. The number of hydrogen-bond acceptors (Lipinski definition) is 7. The fourth-order valence-corrected chi connectivity index (χ4v) is 5.89. The van der Waals surface area contributed by atoms with Gasteiger partial charge in [0.2, 0.25) is 0 Å². The standard InChI is InChI=1S/C32H51N3O6/c1-5-25-9-10-26(16-30(25)40-15-7-13-38-4)31(36)34(23(2)3)20-27-17-33-18-28(27)22-41-32(37)35(29-11-12-29)19-24-8-6-14-39-21-24/h9-10,16,23-24,27-29,33H,5-8,11-15,17-22H2,1-4H3/t24?,27-,28-/m0/s1. The van der Waals surface area contributed by atoms with Crippen LogP contribution in [0, 0.1) is 17.8 Å². The Morgan fingerprint density at radius 1 is 1.10 bits per heavy atom. The molecule has 4 rings (SSSR count). The molecule has 1 unspecified atom stereocenters. The molecule has 0 aromatic heterocycles. The van der Waals surface area contributed by atoms with Gasteiger partial charge in [0.1, 0.15) is 5.75 Å². The van der Waals surface area contributed by atoms with Gasteiger partial charge in [-0.05, 0) is 69.6 Å². The third kappa shape index (κ3) is 9.06. The van der Waals surface area contributed by atoms with Crippen LogP contribution in [0.4, 0.5) is 4.79 Å². The van der Waals surface area contributed by atoms with Gasteiger partial charge < -0.3 is 34.1 Å². The molecule has 0 spiro atoms. The molecular formula is C32H51N3O6. The van der Waals surface area contributed by atoms with Crippen LogP contribution < -0.4 is 10.1 Å². The van der Waals surface area contributed by atoms with Crippen molar-refractivity contribution >= 4 is 12.0 Å². The van der Waals surface area contributed by atoms with E-state index in [0.717, 1.165) is 82.7 Å². The number of hydrogen-bond donors (Lipinski definition) is 1. The third-order valence-corrected chi connectivity index (χ3v) is 8.59. The van der Waals surface area contributed by atoms with Crippen molar-refractivity contribution in [2.75, 3.05) is 66.3 Å². The molecule has 1 saturated carbocycles. The van der Waals surface area contributed by atoms with Gasteiger partial charge in [-0.25, -0.2) is 4.79 Å². The van der Waals surface area contributed by atoms with E-state index in [1.807, 2.05) is 28.0 Å². The van der Waals surface area contributed by atoms with Crippen molar-refractivity contribution in [1.82, 2.24) is 15.1 Å². The fraction of sp³-hybridized carbons (Fsp3) is 0.750. The number of nitrogens with zero attached hydrogens (tertiary/aromatic N) is 2. The summed E-state index contributed by atoms with van der Waals surface area (Å²) in [6.45, 7) is 12.2. The maximum atomic E-state index is 13.8. The van der Waals surface area contributed by atoms with Crippen molar-refractivity contribution in [3.05, 3.63) is 29.3 Å². The van der Waals surface area contributed by atoms with E-state index in [4.69, 9.17) is 18.9 Å². The van der Waals surface area contributed by atoms with Crippen LogP contribution >= 0.6 is 0 Å². The van der Waals surface area contributed by atoms with Crippen molar-refractivity contribution in [3.63, 3.8) is 0 Å². The van der Waals surface area contributed by atoms with Crippen molar-refractivity contribution in [1.29, 1.82) is 0 Å². The molecule has 1 aliphatic carbocycles. The van der Waals surface area contributed by atoms with Gasteiger partial charge in [-0.2, -0.15) is 0 Å². The van der Waals surface area contributed by atoms with Gasteiger partial charge >= 0.3 is 6.09 Å². The number of amides is 2. The van der Waals surface area contributed by atoms with E-state index in [0.29, 0.717) is 43.9 Å². The Bertz CT molecular complexity index is 978. The Balaban J connectivity index is 1.35. The lowest BCUT2D eigenvalue weighted by molar-refractivity contribution is 0.0286. The van der Waals surface area contributed by atoms with Gasteiger partial charge in [0.15, 0.2) is 0 Å². The highest BCUT2D eigenvalue weighted by molar-refractivity contribution is 5.95. The quantitative estimate of drug-likeness (QED) is 0.312. The summed E-state index contributed by atoms with van der Waals surface area (Å²) in [7, 11) is 1.68. The van der Waals surface area contributed by atoms with Crippen molar-refractivity contribution < 1.29 is 28.5 Å². The molecule has 3 aliphatic rings. The number of nitrogens with one attached hydrogen (secondary N) is 1. The second-order valence-corrected chi connectivity index (χ2v) is 12.1. The van der Waals surface area contributed by atoms with Gasteiger partial charge in [0.25, 0.3) is 5.91 Å². The lowest BCUT2D eigenvalue weighted by atomic mass is 9.95. The van der Waals surface area contributed by atoms with Crippen molar-refractivity contribution in [2.24, 2.45) is 17.8 Å². The normalized spacial score (nSPS) is 22.5. The van der Waals surface area contributed by atoms with E-state index in [-0.39, 0.29) is 29.9 Å². The van der Waals surface area contributed by atoms with Crippen LogP contribution in [-0.2, 0) is 20.6 Å². The summed E-state index contributed by atoms with van der Waals surface area (Å²) < 4.78 is 22.7. The molecule has 9 heteroatoms. The summed E-state index contributed by atoms with van der Waals surface area (Å²) in [5.41, 5.74) is 1.73. The van der Waals surface area contributed by atoms with Gasteiger partial charge in [0.05, 0.1) is 19.8 Å². The first kappa shape index (κ1) is 31.6. The lowest BCUT2D eigenvalue weighted by Crippen LogP contribution is -2.43. The van der Waals surface area contributed by atoms with E-state index in [9.17, 15) is 9.59 Å². The molecule has 1 aromatic carbocycles. The van der Waals surface area contributed by atoms with Gasteiger partial charge in [-0.15, -0.1) is 0 Å². The van der Waals surface area contributed by atoms with E-state index >= 15 is 0 Å². The van der Waals surface area contributed by atoms with Crippen LogP contribution in [0.3, 0.4) is 0 Å². The van der Waals surface area contributed by atoms with Gasteiger partial charge in [-0.1, -0.05) is 13.0 Å².